The van der Waals surface area contributed by atoms with Crippen molar-refractivity contribution in [2.75, 3.05) is 21.3 Å². The molecule has 0 saturated carbocycles. The van der Waals surface area contributed by atoms with Crippen LogP contribution in [-0.2, 0) is 12.7 Å². The van der Waals surface area contributed by atoms with E-state index < -0.39 is 17.6 Å². The highest BCUT2D eigenvalue weighted by molar-refractivity contribution is 6.00. The fourth-order valence-electron chi connectivity index (χ4n) is 3.13. The van der Waals surface area contributed by atoms with E-state index in [-0.39, 0.29) is 17.9 Å². The lowest BCUT2D eigenvalue weighted by atomic mass is 10.0. The van der Waals surface area contributed by atoms with Crippen molar-refractivity contribution in [3.05, 3.63) is 58.8 Å². The number of ether oxygens (including phenoxy) is 3. The van der Waals surface area contributed by atoms with E-state index in [2.05, 4.69) is 10.5 Å². The van der Waals surface area contributed by atoms with Gasteiger partial charge in [-0.3, -0.25) is 4.79 Å². The van der Waals surface area contributed by atoms with E-state index in [4.69, 9.17) is 18.7 Å². The average Bonchev–Trinajstić information content (AvgIpc) is 3.17. The van der Waals surface area contributed by atoms with Crippen LogP contribution in [0.3, 0.4) is 0 Å². The molecule has 0 radical (unpaired) electrons. The number of aromatic nitrogens is 1. The first kappa shape index (κ1) is 23.0. The van der Waals surface area contributed by atoms with Crippen molar-refractivity contribution in [3.8, 4) is 28.6 Å². The van der Waals surface area contributed by atoms with E-state index in [0.717, 1.165) is 12.1 Å². The summed E-state index contributed by atoms with van der Waals surface area (Å²) in [6.45, 7) is 1.63. The van der Waals surface area contributed by atoms with Crippen LogP contribution in [0.1, 0.15) is 27.2 Å². The lowest BCUT2D eigenvalue weighted by Crippen LogP contribution is -2.23. The van der Waals surface area contributed by atoms with Crippen LogP contribution < -0.4 is 19.5 Å². The SMILES string of the molecule is COc1cc(-c2onc(C)c2C(=O)NCc2ccc(C(F)(F)F)cc2)cc(OC)c1OC. The lowest BCUT2D eigenvalue weighted by Gasteiger charge is -2.13. The van der Waals surface area contributed by atoms with Crippen LogP contribution in [0.25, 0.3) is 11.3 Å². The van der Waals surface area contributed by atoms with Gasteiger partial charge < -0.3 is 24.1 Å². The Bertz CT molecular complexity index is 1080. The van der Waals surface area contributed by atoms with Gasteiger partial charge >= 0.3 is 6.18 Å². The van der Waals surface area contributed by atoms with Crippen molar-refractivity contribution in [1.82, 2.24) is 10.5 Å². The van der Waals surface area contributed by atoms with E-state index in [0.29, 0.717) is 34.1 Å². The van der Waals surface area contributed by atoms with Crippen LogP contribution in [0.5, 0.6) is 17.2 Å². The molecule has 2 aromatic carbocycles. The van der Waals surface area contributed by atoms with Gasteiger partial charge in [-0.2, -0.15) is 13.2 Å². The highest BCUT2D eigenvalue weighted by atomic mass is 19.4. The number of methoxy groups -OCH3 is 3. The lowest BCUT2D eigenvalue weighted by molar-refractivity contribution is -0.137. The molecular weight excluding hydrogens is 429 g/mol. The van der Waals surface area contributed by atoms with Gasteiger partial charge in [-0.15, -0.1) is 0 Å². The first-order valence-corrected chi connectivity index (χ1v) is 9.40. The monoisotopic (exact) mass is 450 g/mol. The Balaban J connectivity index is 1.86. The largest absolute Gasteiger partial charge is 0.493 e. The minimum atomic E-state index is -4.42. The number of nitrogens with one attached hydrogen (secondary N) is 1. The van der Waals surface area contributed by atoms with Gasteiger partial charge in [-0.1, -0.05) is 17.3 Å². The van der Waals surface area contributed by atoms with Crippen molar-refractivity contribution >= 4 is 5.91 Å². The topological polar surface area (TPSA) is 82.8 Å². The minimum Gasteiger partial charge on any atom is -0.493 e. The van der Waals surface area contributed by atoms with Gasteiger partial charge in [-0.05, 0) is 36.8 Å². The Labute approximate surface area is 182 Å². The summed E-state index contributed by atoms with van der Waals surface area (Å²) < 4.78 is 59.5. The summed E-state index contributed by atoms with van der Waals surface area (Å²) in [7, 11) is 4.40. The van der Waals surface area contributed by atoms with Crippen LogP contribution in [0, 0.1) is 6.92 Å². The van der Waals surface area contributed by atoms with Gasteiger partial charge in [0, 0.05) is 12.1 Å². The third-order valence-electron chi connectivity index (χ3n) is 4.75. The van der Waals surface area contributed by atoms with Crippen LogP contribution >= 0.6 is 0 Å². The number of alkyl halides is 3. The number of carbonyl (C=O) groups is 1. The number of nitrogens with zero attached hydrogens (tertiary/aromatic N) is 1. The zero-order valence-electron chi connectivity index (χ0n) is 17.8. The molecule has 0 saturated heterocycles. The second-order valence-electron chi connectivity index (χ2n) is 6.76. The van der Waals surface area contributed by atoms with Gasteiger partial charge in [0.25, 0.3) is 5.91 Å². The van der Waals surface area contributed by atoms with Gasteiger partial charge in [0.15, 0.2) is 17.3 Å². The molecule has 0 aliphatic heterocycles. The zero-order valence-corrected chi connectivity index (χ0v) is 17.8. The van der Waals surface area contributed by atoms with Crippen LogP contribution in [0.4, 0.5) is 13.2 Å². The van der Waals surface area contributed by atoms with Crippen molar-refractivity contribution in [3.63, 3.8) is 0 Å². The number of hydrogen-bond acceptors (Lipinski definition) is 6. The van der Waals surface area contributed by atoms with E-state index in [9.17, 15) is 18.0 Å². The predicted octanol–water partition coefficient (Wildman–Crippen LogP) is 4.62. The maximum Gasteiger partial charge on any atom is 0.416 e. The molecule has 1 aromatic heterocycles. The summed E-state index contributed by atoms with van der Waals surface area (Å²) in [6.07, 6.45) is -4.42. The fraction of sp³-hybridized carbons (Fsp3) is 0.273. The van der Waals surface area contributed by atoms with E-state index in [1.807, 2.05) is 0 Å². The maximum atomic E-state index is 12.9. The molecule has 32 heavy (non-hydrogen) atoms. The molecule has 1 N–H and O–H groups in total. The molecule has 0 spiro atoms. The quantitative estimate of drug-likeness (QED) is 0.566. The Morgan fingerprint density at radius 2 is 1.62 bits per heavy atom. The third-order valence-corrected chi connectivity index (χ3v) is 4.75. The molecule has 0 fully saturated rings. The zero-order chi connectivity index (χ0) is 23.5. The first-order chi connectivity index (χ1) is 15.2. The standard InChI is InChI=1S/C22H21F3N2O5/c1-12-18(21(28)26-11-13-5-7-15(8-6-13)22(23,24)25)19(32-27-12)14-9-16(29-2)20(31-4)17(10-14)30-3/h5-10H,11H2,1-4H3,(H,26,28). The molecular formula is C22H21F3N2O5. The van der Waals surface area contributed by atoms with E-state index in [1.165, 1.54) is 33.5 Å². The van der Waals surface area contributed by atoms with E-state index >= 15 is 0 Å². The summed E-state index contributed by atoms with van der Waals surface area (Å²) in [5, 5.41) is 6.57. The first-order valence-electron chi connectivity index (χ1n) is 9.40. The number of halogens is 3. The number of aryl methyl sites for hydroxylation is 1. The number of rotatable bonds is 7. The Morgan fingerprint density at radius 3 is 2.12 bits per heavy atom. The summed E-state index contributed by atoms with van der Waals surface area (Å²) >= 11 is 0. The predicted molar refractivity (Wildman–Crippen MR) is 109 cm³/mol. The highest BCUT2D eigenvalue weighted by Crippen LogP contribution is 2.42. The van der Waals surface area contributed by atoms with Crippen molar-refractivity contribution in [2.24, 2.45) is 0 Å². The number of benzene rings is 2. The average molecular weight is 450 g/mol. The molecule has 170 valence electrons. The summed E-state index contributed by atoms with van der Waals surface area (Å²) in [5.41, 5.74) is 0.756. The Kier molecular flexibility index (Phi) is 6.61. The number of amides is 1. The Hall–Kier alpha value is -3.69. The van der Waals surface area contributed by atoms with Crippen LogP contribution in [0.2, 0.25) is 0 Å². The molecule has 3 rings (SSSR count). The van der Waals surface area contributed by atoms with Crippen molar-refractivity contribution < 1.29 is 36.7 Å². The molecule has 0 bridgehead atoms. The molecule has 1 amide bonds. The second-order valence-corrected chi connectivity index (χ2v) is 6.76. The molecule has 3 aromatic rings. The van der Waals surface area contributed by atoms with Gasteiger partial charge in [0.1, 0.15) is 5.56 Å². The smallest absolute Gasteiger partial charge is 0.416 e. The molecule has 10 heteroatoms. The van der Waals surface area contributed by atoms with Crippen molar-refractivity contribution in [2.45, 2.75) is 19.6 Å². The second kappa shape index (κ2) is 9.21. The summed E-state index contributed by atoms with van der Waals surface area (Å²) in [6, 6.07) is 7.79. The van der Waals surface area contributed by atoms with Crippen LogP contribution in [-0.4, -0.2) is 32.4 Å². The fourth-order valence-corrected chi connectivity index (χ4v) is 3.13. The van der Waals surface area contributed by atoms with E-state index in [1.54, 1.807) is 19.1 Å². The number of hydrogen-bond donors (Lipinski definition) is 1. The molecule has 7 nitrogen and oxygen atoms in total. The van der Waals surface area contributed by atoms with Crippen molar-refractivity contribution in [1.29, 1.82) is 0 Å². The number of carbonyl (C=O) groups excluding carboxylic acids is 1. The molecule has 0 aliphatic carbocycles. The Morgan fingerprint density at radius 1 is 1.03 bits per heavy atom. The van der Waals surface area contributed by atoms with Gasteiger partial charge in [-0.25, -0.2) is 0 Å². The van der Waals surface area contributed by atoms with Gasteiger partial charge in [0.05, 0.1) is 32.6 Å². The third kappa shape index (κ3) is 4.63. The summed E-state index contributed by atoms with van der Waals surface area (Å²) in [4.78, 5) is 12.9. The molecule has 1 heterocycles. The highest BCUT2D eigenvalue weighted by Gasteiger charge is 2.30. The molecule has 0 unspecified atom stereocenters. The van der Waals surface area contributed by atoms with Gasteiger partial charge in [0.2, 0.25) is 5.75 Å². The summed E-state index contributed by atoms with van der Waals surface area (Å²) in [5.74, 6) is 0.807. The normalized spacial score (nSPS) is 11.2. The maximum absolute atomic E-state index is 12.9. The minimum absolute atomic E-state index is 0.0241. The van der Waals surface area contributed by atoms with Crippen LogP contribution in [0.15, 0.2) is 40.9 Å². The molecule has 0 atom stereocenters. The molecule has 0 aliphatic rings.